The summed E-state index contributed by atoms with van der Waals surface area (Å²) in [6.45, 7) is 0. The SMILES string of the molecule is COC(=O)C(Oc1ccc(Cl)cc1)c1ccc(Sc2ccc(Cl)cc2)cc1. The van der Waals surface area contributed by atoms with Crippen molar-refractivity contribution in [2.75, 3.05) is 7.11 Å². The Hall–Kier alpha value is -2.14. The number of esters is 1. The summed E-state index contributed by atoms with van der Waals surface area (Å²) in [6.07, 6.45) is -0.856. The smallest absolute Gasteiger partial charge is 0.351 e. The Balaban J connectivity index is 1.77. The standard InChI is InChI=1S/C21H16Cl2O3S/c1-25-21(24)20(26-17-8-4-15(22)5-9-17)14-2-10-18(11-3-14)27-19-12-6-16(23)7-13-19/h2-13,20H,1H3. The molecule has 0 radical (unpaired) electrons. The first-order chi connectivity index (χ1) is 13.0. The second-order valence-corrected chi connectivity index (χ2v) is 7.62. The molecule has 3 aromatic rings. The second kappa shape index (κ2) is 9.18. The maximum absolute atomic E-state index is 12.2. The van der Waals surface area contributed by atoms with Gasteiger partial charge in [-0.05, 0) is 60.7 Å². The zero-order chi connectivity index (χ0) is 19.2. The highest BCUT2D eigenvalue weighted by molar-refractivity contribution is 7.99. The summed E-state index contributed by atoms with van der Waals surface area (Å²) in [6, 6.07) is 22.1. The minimum atomic E-state index is -0.856. The van der Waals surface area contributed by atoms with Gasteiger partial charge in [0, 0.05) is 25.4 Å². The zero-order valence-corrected chi connectivity index (χ0v) is 16.7. The quantitative estimate of drug-likeness (QED) is 0.431. The molecule has 0 fully saturated rings. The van der Waals surface area contributed by atoms with Gasteiger partial charge in [0.1, 0.15) is 5.75 Å². The molecule has 1 unspecified atom stereocenters. The van der Waals surface area contributed by atoms with E-state index >= 15 is 0 Å². The minimum absolute atomic E-state index is 0.469. The van der Waals surface area contributed by atoms with E-state index in [1.807, 2.05) is 48.5 Å². The van der Waals surface area contributed by atoms with Crippen molar-refractivity contribution >= 4 is 40.9 Å². The third-order valence-corrected chi connectivity index (χ3v) is 5.23. The van der Waals surface area contributed by atoms with Gasteiger partial charge in [0.2, 0.25) is 6.10 Å². The highest BCUT2D eigenvalue weighted by atomic mass is 35.5. The molecule has 0 amide bonds. The Morgan fingerprint density at radius 3 is 1.81 bits per heavy atom. The molecule has 3 rings (SSSR count). The number of benzene rings is 3. The molecule has 0 aliphatic heterocycles. The van der Waals surface area contributed by atoms with Gasteiger partial charge in [0.05, 0.1) is 7.11 Å². The van der Waals surface area contributed by atoms with Gasteiger partial charge in [-0.1, -0.05) is 47.1 Å². The van der Waals surface area contributed by atoms with Crippen LogP contribution in [0.25, 0.3) is 0 Å². The molecule has 0 saturated heterocycles. The van der Waals surface area contributed by atoms with E-state index in [1.54, 1.807) is 36.0 Å². The first kappa shape index (κ1) is 19.6. The van der Waals surface area contributed by atoms with E-state index < -0.39 is 12.1 Å². The predicted molar refractivity (Wildman–Crippen MR) is 109 cm³/mol. The molecule has 0 aromatic heterocycles. The number of ether oxygens (including phenoxy) is 2. The van der Waals surface area contributed by atoms with Gasteiger partial charge in [0.15, 0.2) is 0 Å². The van der Waals surface area contributed by atoms with Gasteiger partial charge < -0.3 is 9.47 Å². The van der Waals surface area contributed by atoms with Crippen LogP contribution in [0.1, 0.15) is 11.7 Å². The topological polar surface area (TPSA) is 35.5 Å². The van der Waals surface area contributed by atoms with Crippen LogP contribution in [-0.4, -0.2) is 13.1 Å². The molecule has 1 atom stereocenters. The number of halogens is 2. The van der Waals surface area contributed by atoms with Crippen molar-refractivity contribution in [3.8, 4) is 5.75 Å². The normalized spacial score (nSPS) is 11.7. The fourth-order valence-electron chi connectivity index (χ4n) is 2.36. The van der Waals surface area contributed by atoms with Gasteiger partial charge in [-0.15, -0.1) is 0 Å². The molecule has 0 bridgehead atoms. The van der Waals surface area contributed by atoms with E-state index in [-0.39, 0.29) is 0 Å². The number of methoxy groups -OCH3 is 1. The first-order valence-corrected chi connectivity index (χ1v) is 9.66. The lowest BCUT2D eigenvalue weighted by Crippen LogP contribution is -2.20. The average Bonchev–Trinajstić information content (AvgIpc) is 2.69. The molecule has 0 heterocycles. The van der Waals surface area contributed by atoms with Crippen LogP contribution in [-0.2, 0) is 9.53 Å². The van der Waals surface area contributed by atoms with Crippen LogP contribution >= 0.6 is 35.0 Å². The van der Waals surface area contributed by atoms with E-state index in [9.17, 15) is 4.79 Å². The summed E-state index contributed by atoms with van der Waals surface area (Å²) >= 11 is 13.4. The summed E-state index contributed by atoms with van der Waals surface area (Å²) in [5.74, 6) is 0.0671. The van der Waals surface area contributed by atoms with Crippen LogP contribution in [0, 0.1) is 0 Å². The van der Waals surface area contributed by atoms with Gasteiger partial charge in [-0.3, -0.25) is 0 Å². The summed E-state index contributed by atoms with van der Waals surface area (Å²) in [7, 11) is 1.34. The Morgan fingerprint density at radius 2 is 1.30 bits per heavy atom. The summed E-state index contributed by atoms with van der Waals surface area (Å²) in [5, 5.41) is 1.30. The summed E-state index contributed by atoms with van der Waals surface area (Å²) < 4.78 is 10.7. The molecule has 0 aliphatic carbocycles. The molecule has 0 saturated carbocycles. The van der Waals surface area contributed by atoms with Gasteiger partial charge in [0.25, 0.3) is 0 Å². The fourth-order valence-corrected chi connectivity index (χ4v) is 3.43. The molecule has 0 N–H and O–H groups in total. The number of rotatable bonds is 6. The van der Waals surface area contributed by atoms with Crippen molar-refractivity contribution in [2.24, 2.45) is 0 Å². The highest BCUT2D eigenvalue weighted by Crippen LogP contribution is 2.31. The molecule has 27 heavy (non-hydrogen) atoms. The molecule has 138 valence electrons. The largest absolute Gasteiger partial charge is 0.474 e. The zero-order valence-electron chi connectivity index (χ0n) is 14.4. The first-order valence-electron chi connectivity index (χ1n) is 8.08. The lowest BCUT2D eigenvalue weighted by molar-refractivity contribution is -0.149. The van der Waals surface area contributed by atoms with E-state index in [4.69, 9.17) is 32.7 Å². The fraction of sp³-hybridized carbons (Fsp3) is 0.0952. The highest BCUT2D eigenvalue weighted by Gasteiger charge is 2.23. The van der Waals surface area contributed by atoms with Crippen molar-refractivity contribution in [2.45, 2.75) is 15.9 Å². The van der Waals surface area contributed by atoms with Crippen LogP contribution < -0.4 is 4.74 Å². The van der Waals surface area contributed by atoms with Crippen molar-refractivity contribution in [1.29, 1.82) is 0 Å². The number of carbonyl (C=O) groups is 1. The summed E-state index contributed by atoms with van der Waals surface area (Å²) in [5.41, 5.74) is 0.706. The molecule has 6 heteroatoms. The minimum Gasteiger partial charge on any atom is -0.474 e. The maximum atomic E-state index is 12.2. The Bertz CT molecular complexity index is 894. The van der Waals surface area contributed by atoms with Crippen LogP contribution in [0.15, 0.2) is 82.6 Å². The summed E-state index contributed by atoms with van der Waals surface area (Å²) in [4.78, 5) is 14.3. The predicted octanol–water partition coefficient (Wildman–Crippen LogP) is 6.44. The molecule has 0 aliphatic rings. The molecular weight excluding hydrogens is 403 g/mol. The maximum Gasteiger partial charge on any atom is 0.351 e. The van der Waals surface area contributed by atoms with Crippen LogP contribution in [0.5, 0.6) is 5.75 Å². The third kappa shape index (κ3) is 5.42. The lowest BCUT2D eigenvalue weighted by Gasteiger charge is -2.17. The van der Waals surface area contributed by atoms with Gasteiger partial charge in [-0.2, -0.15) is 0 Å². The number of hydrogen-bond acceptors (Lipinski definition) is 4. The monoisotopic (exact) mass is 418 g/mol. The van der Waals surface area contributed by atoms with Crippen LogP contribution in [0.2, 0.25) is 10.0 Å². The third-order valence-electron chi connectivity index (χ3n) is 3.72. The molecule has 0 spiro atoms. The second-order valence-electron chi connectivity index (χ2n) is 5.60. The number of hydrogen-bond donors (Lipinski definition) is 0. The Morgan fingerprint density at radius 1 is 0.815 bits per heavy atom. The average molecular weight is 419 g/mol. The molecule has 3 aromatic carbocycles. The lowest BCUT2D eigenvalue weighted by atomic mass is 10.1. The van der Waals surface area contributed by atoms with Gasteiger partial charge >= 0.3 is 5.97 Å². The van der Waals surface area contributed by atoms with Crippen molar-refractivity contribution in [3.63, 3.8) is 0 Å². The van der Waals surface area contributed by atoms with E-state index in [2.05, 4.69) is 0 Å². The van der Waals surface area contributed by atoms with Crippen molar-refractivity contribution < 1.29 is 14.3 Å². The van der Waals surface area contributed by atoms with Crippen molar-refractivity contribution in [3.05, 3.63) is 88.4 Å². The van der Waals surface area contributed by atoms with Gasteiger partial charge in [-0.25, -0.2) is 4.79 Å². The molecule has 3 nitrogen and oxygen atoms in total. The molecular formula is C21H16Cl2O3S. The van der Waals surface area contributed by atoms with E-state index in [0.29, 0.717) is 21.4 Å². The van der Waals surface area contributed by atoms with Crippen molar-refractivity contribution in [1.82, 2.24) is 0 Å². The Labute approximate surface area is 172 Å². The van der Waals surface area contributed by atoms with E-state index in [0.717, 1.165) is 9.79 Å². The number of carbonyl (C=O) groups excluding carboxylic acids is 1. The Kier molecular flexibility index (Phi) is 6.67. The van der Waals surface area contributed by atoms with Crippen LogP contribution in [0.3, 0.4) is 0 Å². The van der Waals surface area contributed by atoms with E-state index in [1.165, 1.54) is 7.11 Å². The van der Waals surface area contributed by atoms with Crippen LogP contribution in [0.4, 0.5) is 0 Å².